The Balaban J connectivity index is 2.85. The molecule has 1 aromatic rings. The van der Waals surface area contributed by atoms with E-state index in [1.807, 2.05) is 0 Å². The second-order valence-electron chi connectivity index (χ2n) is 3.49. The van der Waals surface area contributed by atoms with Crippen molar-refractivity contribution in [2.24, 2.45) is 0 Å². The van der Waals surface area contributed by atoms with Gasteiger partial charge in [-0.25, -0.2) is 4.39 Å². The number of carbonyl (C=O) groups excluding carboxylic acids is 2. The van der Waals surface area contributed by atoms with Gasteiger partial charge in [-0.05, 0) is 38.1 Å². The molecule has 1 amide bonds. The highest BCUT2D eigenvalue weighted by Crippen LogP contribution is 2.15. The Bertz CT molecular complexity index is 387. The molecule has 0 unspecified atom stereocenters. The van der Waals surface area contributed by atoms with Gasteiger partial charge in [0.2, 0.25) is 5.91 Å². The fourth-order valence-electron chi connectivity index (χ4n) is 1.43. The molecule has 0 aromatic heterocycles. The number of hydrogen-bond donors (Lipinski definition) is 0. The number of benzene rings is 1. The molecule has 1 rings (SSSR count). The SMILES string of the molecule is CCN(C(=O)CC(C)=O)c1ccc(F)cc1. The maximum atomic E-state index is 12.7. The van der Waals surface area contributed by atoms with Crippen molar-refractivity contribution in [3.63, 3.8) is 0 Å². The number of halogens is 1. The molecule has 0 aliphatic rings. The minimum Gasteiger partial charge on any atom is -0.312 e. The first-order chi connectivity index (χ1) is 7.54. The predicted molar refractivity (Wildman–Crippen MR) is 59.7 cm³/mol. The van der Waals surface area contributed by atoms with Gasteiger partial charge in [-0.2, -0.15) is 0 Å². The first kappa shape index (κ1) is 12.4. The summed E-state index contributed by atoms with van der Waals surface area (Å²) < 4.78 is 12.7. The van der Waals surface area contributed by atoms with Gasteiger partial charge in [0.25, 0.3) is 0 Å². The number of rotatable bonds is 4. The summed E-state index contributed by atoms with van der Waals surface area (Å²) >= 11 is 0. The molecule has 0 aliphatic carbocycles. The number of nitrogens with zero attached hydrogens (tertiary/aromatic N) is 1. The minimum atomic E-state index is -0.348. The van der Waals surface area contributed by atoms with Gasteiger partial charge in [0, 0.05) is 12.2 Å². The predicted octanol–water partition coefficient (Wildman–Crippen LogP) is 2.16. The molecular weight excluding hydrogens is 209 g/mol. The van der Waals surface area contributed by atoms with Crippen LogP contribution in [0.3, 0.4) is 0 Å². The Kier molecular flexibility index (Phi) is 4.17. The number of Topliss-reactive ketones (excluding diaryl/α,β-unsaturated/α-hetero) is 1. The van der Waals surface area contributed by atoms with Crippen molar-refractivity contribution in [3.05, 3.63) is 30.1 Å². The Labute approximate surface area is 93.9 Å². The van der Waals surface area contributed by atoms with E-state index in [4.69, 9.17) is 0 Å². The van der Waals surface area contributed by atoms with Gasteiger partial charge in [0.15, 0.2) is 0 Å². The van der Waals surface area contributed by atoms with Crippen LogP contribution in [0.25, 0.3) is 0 Å². The second-order valence-corrected chi connectivity index (χ2v) is 3.49. The topological polar surface area (TPSA) is 37.4 Å². The zero-order valence-corrected chi connectivity index (χ0v) is 9.37. The van der Waals surface area contributed by atoms with Crippen LogP contribution in [0.5, 0.6) is 0 Å². The standard InChI is InChI=1S/C12H14FNO2/c1-3-14(12(16)8-9(2)15)11-6-4-10(13)5-7-11/h4-7H,3,8H2,1-2H3. The van der Waals surface area contributed by atoms with Gasteiger partial charge in [0.1, 0.15) is 11.6 Å². The second kappa shape index (κ2) is 5.39. The Morgan fingerprint density at radius 2 is 1.81 bits per heavy atom. The molecule has 0 radical (unpaired) electrons. The van der Waals surface area contributed by atoms with Crippen molar-refractivity contribution in [2.75, 3.05) is 11.4 Å². The van der Waals surface area contributed by atoms with E-state index < -0.39 is 0 Å². The first-order valence-corrected chi connectivity index (χ1v) is 5.10. The fourth-order valence-corrected chi connectivity index (χ4v) is 1.43. The van der Waals surface area contributed by atoms with Gasteiger partial charge < -0.3 is 4.90 Å². The molecule has 4 heteroatoms. The molecule has 16 heavy (non-hydrogen) atoms. The summed E-state index contributed by atoms with van der Waals surface area (Å²) in [6.07, 6.45) is -0.120. The van der Waals surface area contributed by atoms with Crippen molar-refractivity contribution in [2.45, 2.75) is 20.3 Å². The quantitative estimate of drug-likeness (QED) is 0.733. The number of carbonyl (C=O) groups is 2. The molecule has 0 saturated heterocycles. The zero-order valence-electron chi connectivity index (χ0n) is 9.37. The van der Waals surface area contributed by atoms with Crippen LogP contribution in [0, 0.1) is 5.82 Å². The van der Waals surface area contributed by atoms with Crippen LogP contribution in [0.2, 0.25) is 0 Å². The molecule has 0 spiro atoms. The van der Waals surface area contributed by atoms with E-state index in [0.29, 0.717) is 12.2 Å². The first-order valence-electron chi connectivity index (χ1n) is 5.10. The van der Waals surface area contributed by atoms with E-state index in [2.05, 4.69) is 0 Å². The molecule has 1 aromatic carbocycles. The summed E-state index contributed by atoms with van der Waals surface area (Å²) in [4.78, 5) is 24.0. The van der Waals surface area contributed by atoms with Crippen molar-refractivity contribution >= 4 is 17.4 Å². The lowest BCUT2D eigenvalue weighted by atomic mass is 10.2. The van der Waals surface area contributed by atoms with E-state index >= 15 is 0 Å². The molecule has 0 N–H and O–H groups in total. The van der Waals surface area contributed by atoms with Crippen LogP contribution < -0.4 is 4.90 Å². The van der Waals surface area contributed by atoms with Gasteiger partial charge in [-0.1, -0.05) is 0 Å². The summed E-state index contributed by atoms with van der Waals surface area (Å²) in [5, 5.41) is 0. The van der Waals surface area contributed by atoms with Crippen LogP contribution >= 0.6 is 0 Å². The van der Waals surface area contributed by atoms with Gasteiger partial charge in [-0.15, -0.1) is 0 Å². The molecule has 86 valence electrons. The smallest absolute Gasteiger partial charge is 0.234 e. The van der Waals surface area contributed by atoms with Crippen molar-refractivity contribution < 1.29 is 14.0 Å². The van der Waals surface area contributed by atoms with Gasteiger partial charge in [0.05, 0.1) is 6.42 Å². The fraction of sp³-hybridized carbons (Fsp3) is 0.333. The largest absolute Gasteiger partial charge is 0.312 e. The monoisotopic (exact) mass is 223 g/mol. The molecule has 0 atom stereocenters. The van der Waals surface area contributed by atoms with Crippen LogP contribution in [0.4, 0.5) is 10.1 Å². The molecule has 0 fully saturated rings. The Morgan fingerprint density at radius 3 is 2.25 bits per heavy atom. The average Bonchev–Trinajstić information content (AvgIpc) is 2.21. The molecule has 0 heterocycles. The molecule has 3 nitrogen and oxygen atoms in total. The normalized spacial score (nSPS) is 9.94. The third kappa shape index (κ3) is 3.15. The Hall–Kier alpha value is -1.71. The summed E-state index contributed by atoms with van der Waals surface area (Å²) in [6.45, 7) is 3.63. The van der Waals surface area contributed by atoms with Crippen molar-refractivity contribution in [1.82, 2.24) is 0 Å². The minimum absolute atomic E-state index is 0.120. The summed E-state index contributed by atoms with van der Waals surface area (Å²) in [7, 11) is 0. The highest BCUT2D eigenvalue weighted by atomic mass is 19.1. The zero-order chi connectivity index (χ0) is 12.1. The summed E-state index contributed by atoms with van der Waals surface area (Å²) in [6, 6.07) is 5.63. The van der Waals surface area contributed by atoms with Crippen LogP contribution in [-0.2, 0) is 9.59 Å². The van der Waals surface area contributed by atoms with Crippen LogP contribution in [0.15, 0.2) is 24.3 Å². The van der Waals surface area contributed by atoms with E-state index in [1.165, 1.54) is 36.1 Å². The highest BCUT2D eigenvalue weighted by molar-refractivity contribution is 6.04. The molecule has 0 bridgehead atoms. The highest BCUT2D eigenvalue weighted by Gasteiger charge is 2.15. The third-order valence-corrected chi connectivity index (χ3v) is 2.16. The average molecular weight is 223 g/mol. The molecule has 0 saturated carbocycles. The summed E-state index contributed by atoms with van der Waals surface area (Å²) in [5.41, 5.74) is 0.607. The lowest BCUT2D eigenvalue weighted by Crippen LogP contribution is -2.31. The number of amides is 1. The van der Waals surface area contributed by atoms with Crippen LogP contribution in [0.1, 0.15) is 20.3 Å². The third-order valence-electron chi connectivity index (χ3n) is 2.16. The van der Waals surface area contributed by atoms with E-state index in [1.54, 1.807) is 6.92 Å². The van der Waals surface area contributed by atoms with Gasteiger partial charge >= 0.3 is 0 Å². The van der Waals surface area contributed by atoms with Crippen molar-refractivity contribution in [3.8, 4) is 0 Å². The van der Waals surface area contributed by atoms with Crippen LogP contribution in [-0.4, -0.2) is 18.2 Å². The lowest BCUT2D eigenvalue weighted by molar-refractivity contribution is -0.125. The maximum absolute atomic E-state index is 12.7. The molecule has 0 aliphatic heterocycles. The Morgan fingerprint density at radius 1 is 1.25 bits per heavy atom. The van der Waals surface area contributed by atoms with Gasteiger partial charge in [-0.3, -0.25) is 9.59 Å². The van der Waals surface area contributed by atoms with E-state index in [0.717, 1.165) is 0 Å². The number of ketones is 1. The number of anilines is 1. The summed E-state index contributed by atoms with van der Waals surface area (Å²) in [5.74, 6) is -0.786. The number of hydrogen-bond acceptors (Lipinski definition) is 2. The lowest BCUT2D eigenvalue weighted by Gasteiger charge is -2.20. The maximum Gasteiger partial charge on any atom is 0.234 e. The molecular formula is C12H14FNO2. The van der Waals surface area contributed by atoms with Crippen molar-refractivity contribution in [1.29, 1.82) is 0 Å². The van der Waals surface area contributed by atoms with E-state index in [9.17, 15) is 14.0 Å². The van der Waals surface area contributed by atoms with E-state index in [-0.39, 0.29) is 23.9 Å².